The molecule has 252 valence electrons. The molecular weight excluding hydrogens is 575 g/mol. The van der Waals surface area contributed by atoms with E-state index in [9.17, 15) is 14.4 Å². The molecule has 0 spiro atoms. The van der Waals surface area contributed by atoms with E-state index in [0.717, 1.165) is 16.6 Å². The summed E-state index contributed by atoms with van der Waals surface area (Å²) in [6, 6.07) is 5.94. The molecule has 5 atom stereocenters. The van der Waals surface area contributed by atoms with Gasteiger partial charge < -0.3 is 28.3 Å². The molecule has 45 heavy (non-hydrogen) atoms. The van der Waals surface area contributed by atoms with Crippen molar-refractivity contribution < 1.29 is 42.6 Å². The van der Waals surface area contributed by atoms with Gasteiger partial charge in [0, 0.05) is 5.92 Å². The van der Waals surface area contributed by atoms with Crippen LogP contribution in [0.15, 0.2) is 18.2 Å². The average molecular weight is 631 g/mol. The molecule has 1 aromatic rings. The highest BCUT2D eigenvalue weighted by Crippen LogP contribution is 2.42. The van der Waals surface area contributed by atoms with Crippen molar-refractivity contribution in [2.45, 2.75) is 139 Å². The number of carbonyl (C=O) groups is 3. The molecule has 0 saturated carbocycles. The lowest BCUT2D eigenvalue weighted by atomic mass is 9.76. The second kappa shape index (κ2) is 12.6. The molecule has 2 aliphatic heterocycles. The van der Waals surface area contributed by atoms with E-state index in [2.05, 4.69) is 0 Å². The standard InChI is InChI=1S/C35H55BO9/c1-20-18-22(36-44-34(12,13)35(14,15)45-36)16-17-23(20)25-21(2)26(42-29(38)32(6,7)8)27(43-30(39)33(9,10)11)24(41-25)19-40-28(37)31(3,4)5/h16-18,21,24-27H,19H2,1-15H3/t21-,24-,25+,26-,27-/m1/s1. The summed E-state index contributed by atoms with van der Waals surface area (Å²) in [6.45, 7) is 27.6. The van der Waals surface area contributed by atoms with Crippen molar-refractivity contribution in [2.24, 2.45) is 22.2 Å². The highest BCUT2D eigenvalue weighted by atomic mass is 16.7. The van der Waals surface area contributed by atoms with Crippen LogP contribution in [-0.4, -0.2) is 61.1 Å². The number of carbonyl (C=O) groups excluding carboxylic acids is 3. The van der Waals surface area contributed by atoms with Crippen molar-refractivity contribution in [3.63, 3.8) is 0 Å². The quantitative estimate of drug-likeness (QED) is 0.217. The van der Waals surface area contributed by atoms with Crippen LogP contribution in [0.3, 0.4) is 0 Å². The van der Waals surface area contributed by atoms with Gasteiger partial charge in [0.15, 0.2) is 6.10 Å². The Hall–Kier alpha value is -2.43. The van der Waals surface area contributed by atoms with Crippen molar-refractivity contribution in [1.29, 1.82) is 0 Å². The second-order valence-electron chi connectivity index (χ2n) is 16.7. The van der Waals surface area contributed by atoms with E-state index in [1.54, 1.807) is 62.3 Å². The second-order valence-corrected chi connectivity index (χ2v) is 16.7. The van der Waals surface area contributed by atoms with Gasteiger partial charge in [0.25, 0.3) is 0 Å². The Kier molecular flexibility index (Phi) is 10.4. The lowest BCUT2D eigenvalue weighted by Gasteiger charge is -2.46. The summed E-state index contributed by atoms with van der Waals surface area (Å²) in [6.07, 6.45) is -3.35. The minimum atomic E-state index is -1.01. The molecule has 9 nitrogen and oxygen atoms in total. The summed E-state index contributed by atoms with van der Waals surface area (Å²) in [5.74, 6) is -1.76. The predicted octanol–water partition coefficient (Wildman–Crippen LogP) is 5.88. The third-order valence-corrected chi connectivity index (χ3v) is 8.84. The SMILES string of the molecule is Cc1cc(B2OC(C)(C)C(C)(C)O2)ccc1[C@H]1O[C@H](COC(=O)C(C)(C)C)[C@@H](OC(=O)C(C)(C)C)[C@H](OC(=O)C(C)(C)C)[C@@H]1C. The maximum absolute atomic E-state index is 13.3. The lowest BCUT2D eigenvalue weighted by molar-refractivity contribution is -0.240. The third kappa shape index (κ3) is 8.30. The topological polar surface area (TPSA) is 107 Å². The summed E-state index contributed by atoms with van der Waals surface area (Å²) in [5, 5.41) is 0. The van der Waals surface area contributed by atoms with Crippen LogP contribution in [-0.2, 0) is 42.6 Å². The number of esters is 3. The smallest absolute Gasteiger partial charge is 0.462 e. The normalized spacial score (nSPS) is 26.7. The average Bonchev–Trinajstić information content (AvgIpc) is 3.10. The van der Waals surface area contributed by atoms with Crippen molar-refractivity contribution >= 4 is 30.5 Å². The molecule has 0 N–H and O–H groups in total. The first-order chi connectivity index (χ1) is 20.3. The first-order valence-corrected chi connectivity index (χ1v) is 16.0. The van der Waals surface area contributed by atoms with Crippen LogP contribution in [0.5, 0.6) is 0 Å². The fourth-order valence-electron chi connectivity index (χ4n) is 5.00. The number of benzene rings is 1. The molecule has 0 radical (unpaired) electrons. The van der Waals surface area contributed by atoms with Crippen LogP contribution in [0.2, 0.25) is 0 Å². The molecule has 0 aromatic heterocycles. The van der Waals surface area contributed by atoms with Crippen molar-refractivity contribution in [2.75, 3.05) is 6.61 Å². The van der Waals surface area contributed by atoms with Crippen molar-refractivity contribution in [3.05, 3.63) is 29.3 Å². The number of rotatable bonds is 6. The summed E-state index contributed by atoms with van der Waals surface area (Å²) in [5.41, 5.74) is -0.674. The van der Waals surface area contributed by atoms with Gasteiger partial charge in [-0.25, -0.2) is 0 Å². The van der Waals surface area contributed by atoms with Gasteiger partial charge in [-0.2, -0.15) is 0 Å². The van der Waals surface area contributed by atoms with Crippen LogP contribution in [0.1, 0.15) is 114 Å². The maximum Gasteiger partial charge on any atom is 0.494 e. The largest absolute Gasteiger partial charge is 0.494 e. The molecule has 2 aliphatic rings. The fraction of sp³-hybridized carbons (Fsp3) is 0.743. The van der Waals surface area contributed by atoms with E-state index < -0.39 is 82.8 Å². The van der Waals surface area contributed by atoms with Gasteiger partial charge >= 0.3 is 25.0 Å². The Morgan fingerprint density at radius 1 is 0.778 bits per heavy atom. The van der Waals surface area contributed by atoms with Gasteiger partial charge in [-0.3, -0.25) is 14.4 Å². The van der Waals surface area contributed by atoms with E-state index in [1.165, 1.54) is 0 Å². The third-order valence-electron chi connectivity index (χ3n) is 8.84. The van der Waals surface area contributed by atoms with Crippen LogP contribution in [0.25, 0.3) is 0 Å². The summed E-state index contributed by atoms with van der Waals surface area (Å²) < 4.78 is 37.2. The molecule has 3 rings (SSSR count). The molecule has 0 unspecified atom stereocenters. The molecule has 2 fully saturated rings. The molecule has 10 heteroatoms. The highest BCUT2D eigenvalue weighted by Gasteiger charge is 2.53. The minimum absolute atomic E-state index is 0.184. The number of ether oxygens (including phenoxy) is 4. The minimum Gasteiger partial charge on any atom is -0.462 e. The Labute approximate surface area is 270 Å². The van der Waals surface area contributed by atoms with Gasteiger partial charge in [-0.1, -0.05) is 25.1 Å². The van der Waals surface area contributed by atoms with E-state index >= 15 is 0 Å². The van der Waals surface area contributed by atoms with Gasteiger partial charge in [0.05, 0.1) is 33.6 Å². The van der Waals surface area contributed by atoms with E-state index in [4.69, 9.17) is 28.3 Å². The van der Waals surface area contributed by atoms with Gasteiger partial charge in [-0.05, 0) is 114 Å². The van der Waals surface area contributed by atoms with E-state index in [-0.39, 0.29) is 6.61 Å². The zero-order valence-electron chi connectivity index (χ0n) is 30.1. The molecule has 0 amide bonds. The van der Waals surface area contributed by atoms with Crippen LogP contribution in [0, 0.1) is 29.1 Å². The van der Waals surface area contributed by atoms with Gasteiger partial charge in [0.1, 0.15) is 18.8 Å². The Balaban J connectivity index is 2.05. The molecule has 0 aliphatic carbocycles. The monoisotopic (exact) mass is 630 g/mol. The summed E-state index contributed by atoms with van der Waals surface area (Å²) >= 11 is 0. The van der Waals surface area contributed by atoms with Crippen molar-refractivity contribution in [1.82, 2.24) is 0 Å². The van der Waals surface area contributed by atoms with Crippen molar-refractivity contribution in [3.8, 4) is 0 Å². The number of aryl methyl sites for hydroxylation is 1. The van der Waals surface area contributed by atoms with Crippen LogP contribution < -0.4 is 5.46 Å². The first-order valence-electron chi connectivity index (χ1n) is 16.0. The lowest BCUT2D eigenvalue weighted by Crippen LogP contribution is -2.57. The summed E-state index contributed by atoms with van der Waals surface area (Å²) in [4.78, 5) is 39.3. The number of hydrogen-bond donors (Lipinski definition) is 0. The molecule has 1 aromatic carbocycles. The first kappa shape index (κ1) is 37.0. The number of hydrogen-bond acceptors (Lipinski definition) is 9. The zero-order chi connectivity index (χ0) is 34.5. The fourth-order valence-corrected chi connectivity index (χ4v) is 5.00. The van der Waals surface area contributed by atoms with E-state index in [1.807, 2.05) is 59.7 Å². The highest BCUT2D eigenvalue weighted by molar-refractivity contribution is 6.62. The Bertz CT molecular complexity index is 1250. The zero-order valence-corrected chi connectivity index (χ0v) is 30.1. The maximum atomic E-state index is 13.3. The van der Waals surface area contributed by atoms with Gasteiger partial charge in [0.2, 0.25) is 0 Å². The van der Waals surface area contributed by atoms with Crippen LogP contribution in [0.4, 0.5) is 0 Å². The Morgan fingerprint density at radius 3 is 1.69 bits per heavy atom. The predicted molar refractivity (Wildman–Crippen MR) is 173 cm³/mol. The molecule has 2 heterocycles. The summed E-state index contributed by atoms with van der Waals surface area (Å²) in [7, 11) is -0.529. The molecular formula is C35H55BO9. The molecule has 0 bridgehead atoms. The Morgan fingerprint density at radius 2 is 1.24 bits per heavy atom. The van der Waals surface area contributed by atoms with E-state index in [0.29, 0.717) is 0 Å². The van der Waals surface area contributed by atoms with Gasteiger partial charge in [-0.15, -0.1) is 0 Å². The van der Waals surface area contributed by atoms with Crippen LogP contribution >= 0.6 is 0 Å². The molecule has 2 saturated heterocycles.